The van der Waals surface area contributed by atoms with E-state index in [1.54, 1.807) is 0 Å². The average molecular weight is 244 g/mol. The van der Waals surface area contributed by atoms with E-state index in [1.807, 2.05) is 6.92 Å². The van der Waals surface area contributed by atoms with E-state index in [9.17, 15) is 9.90 Å². The van der Waals surface area contributed by atoms with E-state index < -0.39 is 5.97 Å². The lowest BCUT2D eigenvalue weighted by atomic mass is 9.79. The number of rotatable bonds is 3. The number of carbonyl (C=O) groups is 1. The molecular formula is C16H20O2. The first-order valence-corrected chi connectivity index (χ1v) is 6.58. The topological polar surface area (TPSA) is 37.3 Å². The van der Waals surface area contributed by atoms with Crippen LogP contribution in [0.25, 0.3) is 5.57 Å². The van der Waals surface area contributed by atoms with Crippen LogP contribution in [-0.2, 0) is 11.2 Å². The first-order chi connectivity index (χ1) is 8.56. The van der Waals surface area contributed by atoms with Gasteiger partial charge >= 0.3 is 5.97 Å². The predicted octanol–water partition coefficient (Wildman–Crippen LogP) is 3.74. The van der Waals surface area contributed by atoms with Gasteiger partial charge in [0.1, 0.15) is 0 Å². The summed E-state index contributed by atoms with van der Waals surface area (Å²) in [6.45, 7) is 6.13. The fraction of sp³-hybridized carbons (Fsp3) is 0.438. The van der Waals surface area contributed by atoms with Gasteiger partial charge in [0, 0.05) is 0 Å². The average Bonchev–Trinajstić information content (AvgIpc) is 2.34. The van der Waals surface area contributed by atoms with Gasteiger partial charge in [-0.05, 0) is 60.9 Å². The van der Waals surface area contributed by atoms with Gasteiger partial charge in [-0.15, -0.1) is 0 Å². The second-order valence-electron chi connectivity index (χ2n) is 5.05. The number of allylic oxidation sites excluding steroid dienone is 1. The van der Waals surface area contributed by atoms with Crippen LogP contribution < -0.4 is 0 Å². The van der Waals surface area contributed by atoms with Gasteiger partial charge in [0.25, 0.3) is 0 Å². The van der Waals surface area contributed by atoms with E-state index in [4.69, 9.17) is 0 Å². The van der Waals surface area contributed by atoms with E-state index in [2.05, 4.69) is 32.1 Å². The predicted molar refractivity (Wildman–Crippen MR) is 73.6 cm³/mol. The van der Waals surface area contributed by atoms with Crippen LogP contribution >= 0.6 is 0 Å². The zero-order valence-corrected chi connectivity index (χ0v) is 11.3. The Morgan fingerprint density at radius 3 is 2.61 bits per heavy atom. The zero-order chi connectivity index (χ0) is 13.3. The summed E-state index contributed by atoms with van der Waals surface area (Å²) in [6, 6.07) is 4.24. The smallest absolute Gasteiger partial charge is 0.310 e. The minimum Gasteiger partial charge on any atom is -0.481 e. The highest BCUT2D eigenvalue weighted by Crippen LogP contribution is 2.37. The molecule has 2 nitrogen and oxygen atoms in total. The van der Waals surface area contributed by atoms with E-state index in [0.717, 1.165) is 18.4 Å². The lowest BCUT2D eigenvalue weighted by Gasteiger charge is -2.25. The molecule has 0 bridgehead atoms. The molecule has 0 spiro atoms. The van der Waals surface area contributed by atoms with Crippen LogP contribution in [0.1, 0.15) is 42.0 Å². The minimum absolute atomic E-state index is 0.371. The molecule has 0 radical (unpaired) electrons. The first kappa shape index (κ1) is 12.9. The molecule has 2 heteroatoms. The molecule has 1 aromatic rings. The number of carboxylic acid groups (broad SMARTS) is 1. The van der Waals surface area contributed by atoms with Crippen LogP contribution in [0, 0.1) is 19.8 Å². The van der Waals surface area contributed by atoms with E-state index >= 15 is 0 Å². The van der Waals surface area contributed by atoms with Gasteiger partial charge in [-0.25, -0.2) is 0 Å². The van der Waals surface area contributed by atoms with Crippen molar-refractivity contribution in [1.82, 2.24) is 0 Å². The monoisotopic (exact) mass is 244 g/mol. The first-order valence-electron chi connectivity index (χ1n) is 6.58. The molecule has 1 aromatic carbocycles. The molecule has 0 amide bonds. The van der Waals surface area contributed by atoms with Gasteiger partial charge in [-0.2, -0.15) is 0 Å². The molecule has 1 aliphatic rings. The summed E-state index contributed by atoms with van der Waals surface area (Å²) < 4.78 is 0. The molecule has 18 heavy (non-hydrogen) atoms. The highest BCUT2D eigenvalue weighted by molar-refractivity contribution is 5.89. The van der Waals surface area contributed by atoms with Crippen molar-refractivity contribution in [2.45, 2.75) is 40.0 Å². The molecule has 0 saturated heterocycles. The van der Waals surface area contributed by atoms with Gasteiger partial charge in [0.05, 0.1) is 5.92 Å². The van der Waals surface area contributed by atoms with Gasteiger partial charge in [-0.1, -0.05) is 25.1 Å². The number of aliphatic carboxylic acids is 1. The SMILES string of the molecule is CC[C@@H](C(=O)O)C1=CCCc2c(C)ccc(C)c21. The normalized spacial score (nSPS) is 15.8. The summed E-state index contributed by atoms with van der Waals surface area (Å²) in [5.41, 5.74) is 6.03. The summed E-state index contributed by atoms with van der Waals surface area (Å²) in [4.78, 5) is 11.4. The lowest BCUT2D eigenvalue weighted by molar-refractivity contribution is -0.139. The van der Waals surface area contributed by atoms with Crippen LogP contribution in [0.15, 0.2) is 18.2 Å². The van der Waals surface area contributed by atoms with Crippen molar-refractivity contribution in [1.29, 1.82) is 0 Å². The lowest BCUT2D eigenvalue weighted by Crippen LogP contribution is -2.18. The van der Waals surface area contributed by atoms with Crippen molar-refractivity contribution in [2.24, 2.45) is 5.92 Å². The summed E-state index contributed by atoms with van der Waals surface area (Å²) in [7, 11) is 0. The van der Waals surface area contributed by atoms with Crippen LogP contribution in [0.3, 0.4) is 0 Å². The third-order valence-corrected chi connectivity index (χ3v) is 3.88. The van der Waals surface area contributed by atoms with Crippen LogP contribution in [0.2, 0.25) is 0 Å². The number of hydrogen-bond donors (Lipinski definition) is 1. The third-order valence-electron chi connectivity index (χ3n) is 3.88. The molecular weight excluding hydrogens is 224 g/mol. The molecule has 0 aliphatic heterocycles. The molecule has 0 aromatic heterocycles. The fourth-order valence-electron chi connectivity index (χ4n) is 2.91. The zero-order valence-electron chi connectivity index (χ0n) is 11.3. The summed E-state index contributed by atoms with van der Waals surface area (Å²) >= 11 is 0. The Kier molecular flexibility index (Phi) is 3.55. The van der Waals surface area contributed by atoms with Crippen molar-refractivity contribution >= 4 is 11.5 Å². The molecule has 2 rings (SSSR count). The van der Waals surface area contributed by atoms with Crippen molar-refractivity contribution in [3.05, 3.63) is 40.5 Å². The second-order valence-corrected chi connectivity index (χ2v) is 5.05. The quantitative estimate of drug-likeness (QED) is 0.879. The highest BCUT2D eigenvalue weighted by Gasteiger charge is 2.26. The van der Waals surface area contributed by atoms with Crippen LogP contribution in [-0.4, -0.2) is 11.1 Å². The van der Waals surface area contributed by atoms with E-state index in [0.29, 0.717) is 6.42 Å². The van der Waals surface area contributed by atoms with Gasteiger partial charge in [0.2, 0.25) is 0 Å². The van der Waals surface area contributed by atoms with Gasteiger partial charge < -0.3 is 5.11 Å². The molecule has 0 saturated carbocycles. The Hall–Kier alpha value is -1.57. The molecule has 0 unspecified atom stereocenters. The maximum atomic E-state index is 11.4. The van der Waals surface area contributed by atoms with E-state index in [1.165, 1.54) is 22.3 Å². The fourth-order valence-corrected chi connectivity index (χ4v) is 2.91. The van der Waals surface area contributed by atoms with E-state index in [-0.39, 0.29) is 5.92 Å². The molecule has 0 fully saturated rings. The Morgan fingerprint density at radius 1 is 1.33 bits per heavy atom. The van der Waals surface area contributed by atoms with Crippen LogP contribution in [0.4, 0.5) is 0 Å². The Morgan fingerprint density at radius 2 is 2.00 bits per heavy atom. The Labute approximate surface area is 108 Å². The number of carboxylic acids is 1. The van der Waals surface area contributed by atoms with Gasteiger partial charge in [0.15, 0.2) is 0 Å². The second kappa shape index (κ2) is 4.97. The molecule has 1 atom stereocenters. The van der Waals surface area contributed by atoms with Crippen molar-refractivity contribution in [2.75, 3.05) is 0 Å². The highest BCUT2D eigenvalue weighted by atomic mass is 16.4. The Balaban J connectivity index is 2.58. The number of benzene rings is 1. The maximum absolute atomic E-state index is 11.4. The van der Waals surface area contributed by atoms with Crippen molar-refractivity contribution in [3.8, 4) is 0 Å². The summed E-state index contributed by atoms with van der Waals surface area (Å²) in [5, 5.41) is 9.37. The van der Waals surface area contributed by atoms with Crippen LogP contribution in [0.5, 0.6) is 0 Å². The Bertz CT molecular complexity index is 512. The van der Waals surface area contributed by atoms with Crippen molar-refractivity contribution < 1.29 is 9.90 Å². The maximum Gasteiger partial charge on any atom is 0.310 e. The summed E-state index contributed by atoms with van der Waals surface area (Å²) in [6.07, 6.45) is 4.75. The largest absolute Gasteiger partial charge is 0.481 e. The standard InChI is InChI=1S/C16H20O2/c1-4-12(16(17)18)14-7-5-6-13-10(2)8-9-11(3)15(13)14/h7-9,12H,4-6H2,1-3H3,(H,17,18)/t12-/m1/s1. The van der Waals surface area contributed by atoms with Gasteiger partial charge in [-0.3, -0.25) is 4.79 Å². The summed E-state index contributed by atoms with van der Waals surface area (Å²) in [5.74, 6) is -1.08. The number of fused-ring (bicyclic) bond motifs is 1. The number of hydrogen-bond acceptors (Lipinski definition) is 1. The number of aryl methyl sites for hydroxylation is 2. The minimum atomic E-state index is -0.711. The molecule has 96 valence electrons. The third kappa shape index (κ3) is 2.07. The molecule has 0 heterocycles. The molecule has 1 N–H and O–H groups in total. The molecule has 1 aliphatic carbocycles. The van der Waals surface area contributed by atoms with Crippen molar-refractivity contribution in [3.63, 3.8) is 0 Å².